The molecule has 38 heavy (non-hydrogen) atoms. The first-order valence-electron chi connectivity index (χ1n) is 13.6. The van der Waals surface area contributed by atoms with Crippen molar-refractivity contribution in [1.29, 1.82) is 0 Å². The van der Waals surface area contributed by atoms with Gasteiger partial charge in [0.2, 0.25) is 0 Å². The van der Waals surface area contributed by atoms with Crippen molar-refractivity contribution in [1.82, 2.24) is 14.5 Å². The molecule has 1 fully saturated rings. The number of hydrogen-bond acceptors (Lipinski definition) is 4. The largest absolute Gasteiger partial charge is 0.497 e. The first kappa shape index (κ1) is 24.3. The van der Waals surface area contributed by atoms with E-state index in [1.54, 1.807) is 7.11 Å². The van der Waals surface area contributed by atoms with Gasteiger partial charge in [-0.05, 0) is 85.8 Å². The smallest absolute Gasteiger partial charge is 0.253 e. The summed E-state index contributed by atoms with van der Waals surface area (Å²) in [6.07, 6.45) is 7.70. The third kappa shape index (κ3) is 4.78. The lowest BCUT2D eigenvalue weighted by atomic mass is 10.1. The van der Waals surface area contributed by atoms with Crippen molar-refractivity contribution in [3.05, 3.63) is 95.8 Å². The van der Waals surface area contributed by atoms with Crippen LogP contribution in [0.1, 0.15) is 40.9 Å². The summed E-state index contributed by atoms with van der Waals surface area (Å²) in [5, 5.41) is 0. The molecule has 6 heteroatoms. The molecule has 0 saturated carbocycles. The molecule has 2 aromatic carbocycles. The van der Waals surface area contributed by atoms with Crippen LogP contribution < -0.4 is 9.64 Å². The van der Waals surface area contributed by atoms with E-state index >= 15 is 0 Å². The fraction of sp³-hybridized carbons (Fsp3) is 0.312. The highest BCUT2D eigenvalue weighted by Crippen LogP contribution is 2.34. The number of carbonyl (C=O) groups is 1. The van der Waals surface area contributed by atoms with Crippen LogP contribution in [0.15, 0.2) is 79.0 Å². The van der Waals surface area contributed by atoms with Gasteiger partial charge in [0.15, 0.2) is 0 Å². The molecule has 0 bridgehead atoms. The second kappa shape index (κ2) is 10.7. The monoisotopic (exact) mass is 506 g/mol. The van der Waals surface area contributed by atoms with Gasteiger partial charge in [0.1, 0.15) is 11.6 Å². The average molecular weight is 507 g/mol. The molecule has 1 amide bonds. The molecule has 0 atom stereocenters. The van der Waals surface area contributed by atoms with Crippen LogP contribution in [0.2, 0.25) is 0 Å². The lowest BCUT2D eigenvalue weighted by Crippen LogP contribution is -2.49. The Balaban J connectivity index is 1.26. The van der Waals surface area contributed by atoms with E-state index in [0.29, 0.717) is 13.1 Å². The van der Waals surface area contributed by atoms with Gasteiger partial charge in [-0.25, -0.2) is 4.98 Å². The molecule has 0 spiro atoms. The molecule has 0 unspecified atom stereocenters. The molecule has 194 valence electrons. The number of fused-ring (bicyclic) bond motifs is 1. The number of rotatable bonds is 5. The molecule has 3 heterocycles. The fourth-order valence-electron chi connectivity index (χ4n) is 5.78. The number of piperazine rings is 1. The lowest BCUT2D eigenvalue weighted by molar-refractivity contribution is 0.0746. The topological polar surface area (TPSA) is 50.6 Å². The summed E-state index contributed by atoms with van der Waals surface area (Å²) in [5.74, 6) is 1.92. The molecule has 6 nitrogen and oxygen atoms in total. The van der Waals surface area contributed by atoms with Gasteiger partial charge in [0.25, 0.3) is 5.91 Å². The zero-order valence-electron chi connectivity index (χ0n) is 22.0. The minimum absolute atomic E-state index is 0.0941. The number of nitrogens with zero attached hydrogens (tertiary/aromatic N) is 4. The molecule has 4 aromatic rings. The Labute approximate surface area is 224 Å². The summed E-state index contributed by atoms with van der Waals surface area (Å²) in [6, 6.07) is 24.8. The Hall–Kier alpha value is -4.06. The lowest BCUT2D eigenvalue weighted by Gasteiger charge is -2.35. The van der Waals surface area contributed by atoms with Gasteiger partial charge in [-0.2, -0.15) is 0 Å². The Morgan fingerprint density at radius 1 is 0.842 bits per heavy atom. The predicted molar refractivity (Wildman–Crippen MR) is 151 cm³/mol. The number of benzene rings is 2. The van der Waals surface area contributed by atoms with E-state index in [1.165, 1.54) is 36.2 Å². The van der Waals surface area contributed by atoms with E-state index in [2.05, 4.69) is 44.8 Å². The van der Waals surface area contributed by atoms with Crippen LogP contribution >= 0.6 is 0 Å². The maximum absolute atomic E-state index is 13.3. The minimum Gasteiger partial charge on any atom is -0.497 e. The Bertz CT molecular complexity index is 1400. The number of hydrogen-bond donors (Lipinski definition) is 0. The van der Waals surface area contributed by atoms with Gasteiger partial charge < -0.3 is 19.1 Å². The predicted octanol–water partition coefficient (Wildman–Crippen LogP) is 5.78. The molecule has 1 aliphatic heterocycles. The number of aryl methyl sites for hydroxylation is 1. The van der Waals surface area contributed by atoms with Crippen LogP contribution in [-0.2, 0) is 12.8 Å². The molecule has 1 aliphatic carbocycles. The summed E-state index contributed by atoms with van der Waals surface area (Å²) < 4.78 is 7.92. The maximum Gasteiger partial charge on any atom is 0.253 e. The third-order valence-electron chi connectivity index (χ3n) is 7.83. The highest BCUT2D eigenvalue weighted by Gasteiger charge is 2.24. The van der Waals surface area contributed by atoms with Crippen LogP contribution in [0.3, 0.4) is 0 Å². The van der Waals surface area contributed by atoms with Gasteiger partial charge in [0, 0.05) is 54.9 Å². The summed E-state index contributed by atoms with van der Waals surface area (Å²) in [6.45, 7) is 2.98. The van der Waals surface area contributed by atoms with Crippen molar-refractivity contribution in [3.63, 3.8) is 0 Å². The van der Waals surface area contributed by atoms with Crippen molar-refractivity contribution in [2.75, 3.05) is 38.2 Å². The van der Waals surface area contributed by atoms with Gasteiger partial charge in [0.05, 0.1) is 12.8 Å². The molecular weight excluding hydrogens is 472 g/mol. The number of pyridine rings is 1. The SMILES string of the molecule is COc1cccc(-c2cc3c(n2-c2ccc(C(=O)N4CCN(c5ccccn5)CC4)cc2)CCCCC3)c1. The average Bonchev–Trinajstić information content (AvgIpc) is 3.19. The zero-order valence-corrected chi connectivity index (χ0v) is 22.0. The first-order valence-corrected chi connectivity index (χ1v) is 13.6. The van der Waals surface area contributed by atoms with Crippen molar-refractivity contribution in [3.8, 4) is 22.7 Å². The molecule has 2 aliphatic rings. The van der Waals surface area contributed by atoms with E-state index < -0.39 is 0 Å². The van der Waals surface area contributed by atoms with Crippen molar-refractivity contribution < 1.29 is 9.53 Å². The van der Waals surface area contributed by atoms with Crippen molar-refractivity contribution in [2.24, 2.45) is 0 Å². The van der Waals surface area contributed by atoms with Crippen LogP contribution in [-0.4, -0.2) is 53.6 Å². The van der Waals surface area contributed by atoms with Crippen molar-refractivity contribution >= 4 is 11.7 Å². The third-order valence-corrected chi connectivity index (χ3v) is 7.83. The quantitative estimate of drug-likeness (QED) is 0.322. The van der Waals surface area contributed by atoms with Gasteiger partial charge in [-0.3, -0.25) is 4.79 Å². The summed E-state index contributed by atoms with van der Waals surface area (Å²) in [4.78, 5) is 22.0. The van der Waals surface area contributed by atoms with Crippen LogP contribution in [0.4, 0.5) is 5.82 Å². The second-order valence-corrected chi connectivity index (χ2v) is 10.1. The van der Waals surface area contributed by atoms with E-state index in [1.807, 2.05) is 53.6 Å². The number of carbonyl (C=O) groups excluding carboxylic acids is 1. The minimum atomic E-state index is 0.0941. The van der Waals surface area contributed by atoms with E-state index in [-0.39, 0.29) is 5.91 Å². The molecule has 2 aromatic heterocycles. The number of amides is 1. The van der Waals surface area contributed by atoms with E-state index in [4.69, 9.17) is 4.74 Å². The zero-order chi connectivity index (χ0) is 25.9. The molecular formula is C32H34N4O2. The summed E-state index contributed by atoms with van der Waals surface area (Å²) in [5.41, 5.74) is 6.99. The molecule has 1 saturated heterocycles. The van der Waals surface area contributed by atoms with Crippen LogP contribution in [0.5, 0.6) is 5.75 Å². The molecule has 0 N–H and O–H groups in total. The van der Waals surface area contributed by atoms with Gasteiger partial charge in [-0.15, -0.1) is 0 Å². The summed E-state index contributed by atoms with van der Waals surface area (Å²) >= 11 is 0. The Morgan fingerprint density at radius 3 is 2.42 bits per heavy atom. The van der Waals surface area contributed by atoms with Crippen molar-refractivity contribution in [2.45, 2.75) is 32.1 Å². The first-order chi connectivity index (χ1) is 18.7. The highest BCUT2D eigenvalue weighted by atomic mass is 16.5. The standard InChI is InChI=1S/C32H34N4O2/c1-38-28-10-7-9-25(22-28)30-23-26-8-3-2-4-11-29(26)36(30)27-15-13-24(14-16-27)32(37)35-20-18-34(19-21-35)31-12-5-6-17-33-31/h5-7,9-10,12-17,22-23H,2-4,8,11,18-21H2,1H3. The fourth-order valence-corrected chi connectivity index (χ4v) is 5.78. The van der Waals surface area contributed by atoms with Crippen LogP contribution in [0.25, 0.3) is 16.9 Å². The Morgan fingerprint density at radius 2 is 1.66 bits per heavy atom. The number of ether oxygens (including phenoxy) is 1. The van der Waals surface area contributed by atoms with Gasteiger partial charge in [-0.1, -0.05) is 24.6 Å². The van der Waals surface area contributed by atoms with E-state index in [9.17, 15) is 4.79 Å². The molecule has 6 rings (SSSR count). The normalized spacial score (nSPS) is 15.6. The number of methoxy groups -OCH3 is 1. The van der Waals surface area contributed by atoms with E-state index in [0.717, 1.165) is 54.3 Å². The van der Waals surface area contributed by atoms with Crippen LogP contribution in [0, 0.1) is 0 Å². The second-order valence-electron chi connectivity index (χ2n) is 10.1. The van der Waals surface area contributed by atoms with Gasteiger partial charge >= 0.3 is 0 Å². The number of aromatic nitrogens is 2. The number of anilines is 1. The summed E-state index contributed by atoms with van der Waals surface area (Å²) in [7, 11) is 1.71. The Kier molecular flexibility index (Phi) is 6.86. The maximum atomic E-state index is 13.3. The highest BCUT2D eigenvalue weighted by molar-refractivity contribution is 5.94. The molecule has 0 radical (unpaired) electrons.